The number of benzene rings is 6. The second-order valence-corrected chi connectivity index (χ2v) is 12.7. The fourth-order valence-corrected chi connectivity index (χ4v) is 5.40. The van der Waals surface area contributed by atoms with E-state index in [1.165, 1.54) is 5.56 Å². The molecule has 0 fully saturated rings. The van der Waals surface area contributed by atoms with Crippen LogP contribution in [-0.4, -0.2) is 36.4 Å². The van der Waals surface area contributed by atoms with Crippen molar-refractivity contribution >= 4 is 11.9 Å². The van der Waals surface area contributed by atoms with E-state index in [1.54, 1.807) is 38.5 Å². The summed E-state index contributed by atoms with van der Waals surface area (Å²) in [5.41, 5.74) is 5.47. The summed E-state index contributed by atoms with van der Waals surface area (Å²) < 4.78 is 27.6. The van der Waals surface area contributed by atoms with Gasteiger partial charge in [-0.3, -0.25) is 9.59 Å². The Kier molecular flexibility index (Phi) is 15.6. The molecule has 56 heavy (non-hydrogen) atoms. The van der Waals surface area contributed by atoms with Gasteiger partial charge in [-0.2, -0.15) is 0 Å². The first-order valence-corrected chi connectivity index (χ1v) is 17.7. The average molecular weight is 757 g/mol. The number of hydrogen-bond donors (Lipinski definition) is 2. The topological polar surface area (TPSA) is 121 Å². The third-order valence-electron chi connectivity index (χ3n) is 8.53. The van der Waals surface area contributed by atoms with Crippen LogP contribution in [0.25, 0.3) is 0 Å². The molecule has 9 heteroatoms. The highest BCUT2D eigenvalue weighted by Crippen LogP contribution is 2.31. The maximum atomic E-state index is 12.2. The smallest absolute Gasteiger partial charge is 0.307 e. The standard InChI is InChI=1S/C25H24O6.C21H20O3.CH4/c1-17-3-9-21(10-4-17)30-22-13-7-19(8-14-22)25(31-24(28)16-15-23(26)27)18-5-11-20(29-2)12-6-18;1-15-3-9-19(10-4-15)24-20-13-7-17(8-14-20)21(22)16-5-11-18(23-2)12-6-16;/h3-14,25H,15-16H2,1-2H3,(H,26,27);3-14,21-22H,1-2H3;1H4. The van der Waals surface area contributed by atoms with Crippen molar-refractivity contribution < 1.29 is 43.5 Å². The molecular formula is C47H48O9. The van der Waals surface area contributed by atoms with E-state index in [0.29, 0.717) is 11.5 Å². The van der Waals surface area contributed by atoms with E-state index in [9.17, 15) is 14.7 Å². The summed E-state index contributed by atoms with van der Waals surface area (Å²) in [4.78, 5) is 23.0. The van der Waals surface area contributed by atoms with Crippen molar-refractivity contribution in [3.05, 3.63) is 179 Å². The van der Waals surface area contributed by atoms with E-state index in [-0.39, 0.29) is 20.3 Å². The predicted octanol–water partition coefficient (Wildman–Crippen LogP) is 10.8. The number of ether oxygens (including phenoxy) is 5. The summed E-state index contributed by atoms with van der Waals surface area (Å²) in [5.74, 6) is 2.74. The summed E-state index contributed by atoms with van der Waals surface area (Å²) >= 11 is 0. The molecule has 0 amide bonds. The summed E-state index contributed by atoms with van der Waals surface area (Å²) in [6, 6.07) is 44.9. The molecule has 0 aliphatic heterocycles. The highest BCUT2D eigenvalue weighted by molar-refractivity contribution is 5.77. The van der Waals surface area contributed by atoms with Gasteiger partial charge in [0.05, 0.1) is 27.1 Å². The van der Waals surface area contributed by atoms with Crippen LogP contribution >= 0.6 is 0 Å². The van der Waals surface area contributed by atoms with E-state index >= 15 is 0 Å². The lowest BCUT2D eigenvalue weighted by Crippen LogP contribution is -2.14. The van der Waals surface area contributed by atoms with E-state index in [0.717, 1.165) is 50.8 Å². The molecule has 6 aromatic carbocycles. The highest BCUT2D eigenvalue weighted by atomic mass is 16.5. The molecule has 2 N–H and O–H groups in total. The Morgan fingerprint density at radius 2 is 0.786 bits per heavy atom. The number of esters is 1. The third-order valence-corrected chi connectivity index (χ3v) is 8.53. The van der Waals surface area contributed by atoms with Gasteiger partial charge in [0.25, 0.3) is 0 Å². The molecule has 6 aromatic rings. The average Bonchev–Trinajstić information content (AvgIpc) is 3.21. The number of hydrogen-bond acceptors (Lipinski definition) is 8. The van der Waals surface area contributed by atoms with Gasteiger partial charge >= 0.3 is 11.9 Å². The molecule has 0 spiro atoms. The summed E-state index contributed by atoms with van der Waals surface area (Å²) in [5, 5.41) is 19.3. The third kappa shape index (κ3) is 12.5. The SMILES string of the molecule is C.COc1ccc(C(O)c2ccc(Oc3ccc(C)cc3)cc2)cc1.COc1ccc(C(OC(=O)CCC(=O)O)c2ccc(Oc3ccc(C)cc3)cc2)cc1. The second kappa shape index (κ2) is 20.8. The summed E-state index contributed by atoms with van der Waals surface area (Å²) in [7, 11) is 3.20. The quantitative estimate of drug-likeness (QED) is 0.105. The Hall–Kier alpha value is -6.58. The minimum Gasteiger partial charge on any atom is -0.497 e. The van der Waals surface area contributed by atoms with Crippen LogP contribution in [0.4, 0.5) is 0 Å². The van der Waals surface area contributed by atoms with Gasteiger partial charge in [-0.25, -0.2) is 0 Å². The lowest BCUT2D eigenvalue weighted by molar-refractivity contribution is -0.150. The minimum absolute atomic E-state index is 0. The maximum absolute atomic E-state index is 12.2. The van der Waals surface area contributed by atoms with Crippen LogP contribution in [0.1, 0.15) is 65.9 Å². The maximum Gasteiger partial charge on any atom is 0.307 e. The zero-order valence-corrected chi connectivity index (χ0v) is 31.2. The number of aliphatic hydroxyl groups excluding tert-OH is 1. The molecule has 6 rings (SSSR count). The van der Waals surface area contributed by atoms with Gasteiger partial charge in [0.15, 0.2) is 6.10 Å². The number of aliphatic carboxylic acids is 1. The van der Waals surface area contributed by atoms with Gasteiger partial charge in [0.1, 0.15) is 40.6 Å². The van der Waals surface area contributed by atoms with Gasteiger partial charge < -0.3 is 33.9 Å². The molecule has 0 saturated heterocycles. The van der Waals surface area contributed by atoms with Crippen molar-refractivity contribution in [2.24, 2.45) is 0 Å². The lowest BCUT2D eigenvalue weighted by atomic mass is 10.0. The molecule has 0 heterocycles. The van der Waals surface area contributed by atoms with Crippen LogP contribution in [0.15, 0.2) is 146 Å². The van der Waals surface area contributed by atoms with Crippen LogP contribution in [-0.2, 0) is 14.3 Å². The first kappa shape index (κ1) is 42.2. The van der Waals surface area contributed by atoms with Crippen LogP contribution in [0.3, 0.4) is 0 Å². The normalized spacial score (nSPS) is 11.4. The van der Waals surface area contributed by atoms with Crippen LogP contribution in [0.5, 0.6) is 34.5 Å². The fraction of sp³-hybridized carbons (Fsp3) is 0.191. The van der Waals surface area contributed by atoms with E-state index in [2.05, 4.69) is 0 Å². The van der Waals surface area contributed by atoms with Crippen molar-refractivity contribution in [3.63, 3.8) is 0 Å². The molecule has 290 valence electrons. The molecule has 0 bridgehead atoms. The fourth-order valence-electron chi connectivity index (χ4n) is 5.40. The van der Waals surface area contributed by atoms with E-state index in [1.807, 2.05) is 135 Å². The van der Waals surface area contributed by atoms with Crippen molar-refractivity contribution in [1.29, 1.82) is 0 Å². The Labute approximate surface area is 328 Å². The number of aryl methyl sites for hydroxylation is 2. The highest BCUT2D eigenvalue weighted by Gasteiger charge is 2.20. The first-order chi connectivity index (χ1) is 26.6. The molecule has 9 nitrogen and oxygen atoms in total. The molecule has 0 saturated carbocycles. The van der Waals surface area contributed by atoms with Gasteiger partial charge in [-0.15, -0.1) is 0 Å². The Morgan fingerprint density at radius 1 is 0.482 bits per heavy atom. The monoisotopic (exact) mass is 756 g/mol. The van der Waals surface area contributed by atoms with Gasteiger partial charge in [-0.1, -0.05) is 91.3 Å². The van der Waals surface area contributed by atoms with Crippen LogP contribution in [0.2, 0.25) is 0 Å². The Morgan fingerprint density at radius 3 is 1.11 bits per heavy atom. The summed E-state index contributed by atoms with van der Waals surface area (Å²) in [6.07, 6.45) is -1.83. The number of methoxy groups -OCH3 is 2. The summed E-state index contributed by atoms with van der Waals surface area (Å²) in [6.45, 7) is 4.05. The Bertz CT molecular complexity index is 2090. The second-order valence-electron chi connectivity index (χ2n) is 12.7. The Balaban J connectivity index is 0.000000252. The zero-order chi connectivity index (χ0) is 39.2. The van der Waals surface area contributed by atoms with Crippen LogP contribution in [0, 0.1) is 13.8 Å². The van der Waals surface area contributed by atoms with Crippen LogP contribution < -0.4 is 18.9 Å². The predicted molar refractivity (Wildman–Crippen MR) is 217 cm³/mol. The molecule has 0 aliphatic carbocycles. The molecule has 0 aliphatic rings. The number of carboxylic acids is 1. The molecule has 0 radical (unpaired) electrons. The zero-order valence-electron chi connectivity index (χ0n) is 31.2. The minimum atomic E-state index is -1.05. The molecule has 2 unspecified atom stereocenters. The number of carbonyl (C=O) groups is 2. The first-order valence-electron chi connectivity index (χ1n) is 17.7. The van der Waals surface area contributed by atoms with Crippen molar-refractivity contribution in [1.82, 2.24) is 0 Å². The number of carboxylic acid groups (broad SMARTS) is 1. The van der Waals surface area contributed by atoms with Gasteiger partial charge in [-0.05, 0) is 109 Å². The van der Waals surface area contributed by atoms with Gasteiger partial charge in [0, 0.05) is 0 Å². The largest absolute Gasteiger partial charge is 0.497 e. The molecular weight excluding hydrogens is 709 g/mol. The van der Waals surface area contributed by atoms with Crippen molar-refractivity contribution in [2.45, 2.75) is 46.3 Å². The van der Waals surface area contributed by atoms with Crippen molar-refractivity contribution in [2.75, 3.05) is 14.2 Å². The lowest BCUT2D eigenvalue weighted by Gasteiger charge is -2.19. The van der Waals surface area contributed by atoms with E-state index < -0.39 is 24.1 Å². The van der Waals surface area contributed by atoms with Crippen molar-refractivity contribution in [3.8, 4) is 34.5 Å². The number of carbonyl (C=O) groups excluding carboxylic acids is 1. The van der Waals surface area contributed by atoms with E-state index in [4.69, 9.17) is 28.8 Å². The molecule has 0 aromatic heterocycles. The number of aliphatic hydroxyl groups is 1. The number of rotatable bonds is 14. The van der Waals surface area contributed by atoms with Gasteiger partial charge in [0.2, 0.25) is 0 Å². The molecule has 2 atom stereocenters.